The highest BCUT2D eigenvalue weighted by Gasteiger charge is 2.34. The molecular formula is C17H15F2NO3S. The molecule has 126 valence electrons. The number of benzene rings is 2. The van der Waals surface area contributed by atoms with Crippen molar-refractivity contribution in [1.29, 1.82) is 0 Å². The Morgan fingerprint density at radius 2 is 1.71 bits per heavy atom. The van der Waals surface area contributed by atoms with E-state index in [1.807, 2.05) is 12.1 Å². The lowest BCUT2D eigenvalue weighted by atomic mass is 10.1. The number of ether oxygens (including phenoxy) is 2. The van der Waals surface area contributed by atoms with E-state index in [2.05, 4.69) is 4.74 Å². The van der Waals surface area contributed by atoms with Crippen LogP contribution < -0.4 is 14.4 Å². The number of rotatable bonds is 5. The van der Waals surface area contributed by atoms with Crippen molar-refractivity contribution in [3.05, 3.63) is 54.1 Å². The Balaban J connectivity index is 1.84. The van der Waals surface area contributed by atoms with E-state index in [1.165, 1.54) is 23.9 Å². The quantitative estimate of drug-likeness (QED) is 0.814. The highest BCUT2D eigenvalue weighted by Crippen LogP contribution is 2.42. The summed E-state index contributed by atoms with van der Waals surface area (Å²) in [5, 5.41) is -0.202. The first-order valence-electron chi connectivity index (χ1n) is 7.21. The van der Waals surface area contributed by atoms with Crippen LogP contribution in [0.3, 0.4) is 0 Å². The van der Waals surface area contributed by atoms with Gasteiger partial charge in [-0.15, -0.1) is 11.8 Å². The van der Waals surface area contributed by atoms with Gasteiger partial charge in [0.2, 0.25) is 5.91 Å². The van der Waals surface area contributed by atoms with Crippen molar-refractivity contribution in [2.75, 3.05) is 17.8 Å². The molecule has 0 aromatic heterocycles. The molecule has 3 rings (SSSR count). The highest BCUT2D eigenvalue weighted by atomic mass is 32.2. The van der Waals surface area contributed by atoms with Crippen LogP contribution in [0.4, 0.5) is 14.5 Å². The summed E-state index contributed by atoms with van der Waals surface area (Å²) in [6, 6.07) is 13.6. The first kappa shape index (κ1) is 16.6. The molecule has 2 aromatic carbocycles. The molecule has 2 aromatic rings. The van der Waals surface area contributed by atoms with E-state index in [-0.39, 0.29) is 17.0 Å². The normalized spacial score (nSPS) is 17.4. The Kier molecular flexibility index (Phi) is 4.89. The van der Waals surface area contributed by atoms with Gasteiger partial charge in [0.15, 0.2) is 0 Å². The molecule has 7 heteroatoms. The van der Waals surface area contributed by atoms with Crippen molar-refractivity contribution in [3.8, 4) is 11.5 Å². The second kappa shape index (κ2) is 7.09. The maximum Gasteiger partial charge on any atom is 0.387 e. The maximum absolute atomic E-state index is 12.3. The lowest BCUT2D eigenvalue weighted by molar-refractivity contribution is -0.115. The molecule has 0 radical (unpaired) electrons. The van der Waals surface area contributed by atoms with Gasteiger partial charge < -0.3 is 9.47 Å². The SMILES string of the molecule is COc1ccc(N2C(=O)CSC2c2ccc(OC(F)F)cc2)cc1. The summed E-state index contributed by atoms with van der Waals surface area (Å²) in [6.07, 6.45) is 0. The van der Waals surface area contributed by atoms with Gasteiger partial charge in [0.25, 0.3) is 0 Å². The van der Waals surface area contributed by atoms with Gasteiger partial charge >= 0.3 is 6.61 Å². The third-order valence-corrected chi connectivity index (χ3v) is 4.82. The molecule has 1 atom stereocenters. The molecule has 1 fully saturated rings. The molecule has 0 N–H and O–H groups in total. The van der Waals surface area contributed by atoms with E-state index in [9.17, 15) is 13.6 Å². The molecule has 1 unspecified atom stereocenters. The number of alkyl halides is 2. The van der Waals surface area contributed by atoms with Crippen LogP contribution in [-0.4, -0.2) is 25.4 Å². The number of methoxy groups -OCH3 is 1. The average molecular weight is 351 g/mol. The summed E-state index contributed by atoms with van der Waals surface area (Å²) in [6.45, 7) is -2.85. The second-order valence-electron chi connectivity index (χ2n) is 5.07. The predicted octanol–water partition coefficient (Wildman–Crippen LogP) is 4.08. The zero-order chi connectivity index (χ0) is 17.1. The van der Waals surface area contributed by atoms with Crippen molar-refractivity contribution in [3.63, 3.8) is 0 Å². The van der Waals surface area contributed by atoms with Gasteiger partial charge in [-0.05, 0) is 42.0 Å². The summed E-state index contributed by atoms with van der Waals surface area (Å²) in [5.41, 5.74) is 1.62. The van der Waals surface area contributed by atoms with Gasteiger partial charge in [0.1, 0.15) is 16.9 Å². The van der Waals surface area contributed by atoms with Crippen LogP contribution in [0.15, 0.2) is 48.5 Å². The smallest absolute Gasteiger partial charge is 0.387 e. The van der Waals surface area contributed by atoms with E-state index >= 15 is 0 Å². The van der Waals surface area contributed by atoms with Crippen LogP contribution in [0.2, 0.25) is 0 Å². The Labute approximate surface area is 142 Å². The molecule has 0 aliphatic carbocycles. The molecule has 1 aliphatic heterocycles. The van der Waals surface area contributed by atoms with Crippen LogP contribution >= 0.6 is 11.8 Å². The minimum atomic E-state index is -2.85. The average Bonchev–Trinajstić information content (AvgIpc) is 2.97. The fourth-order valence-electron chi connectivity index (χ4n) is 2.51. The summed E-state index contributed by atoms with van der Waals surface area (Å²) in [4.78, 5) is 14.0. The van der Waals surface area contributed by atoms with Crippen LogP contribution in [0, 0.1) is 0 Å². The van der Waals surface area contributed by atoms with Crippen LogP contribution in [0.25, 0.3) is 0 Å². The first-order chi connectivity index (χ1) is 11.6. The van der Waals surface area contributed by atoms with Gasteiger partial charge in [0.05, 0.1) is 12.9 Å². The molecule has 24 heavy (non-hydrogen) atoms. The number of amides is 1. The third kappa shape index (κ3) is 3.46. The molecule has 0 saturated carbocycles. The Morgan fingerprint density at radius 3 is 2.29 bits per heavy atom. The highest BCUT2D eigenvalue weighted by molar-refractivity contribution is 8.00. The lowest BCUT2D eigenvalue weighted by Crippen LogP contribution is -2.27. The fraction of sp³-hybridized carbons (Fsp3) is 0.235. The molecule has 4 nitrogen and oxygen atoms in total. The van der Waals surface area contributed by atoms with E-state index in [0.29, 0.717) is 11.5 Å². The fourth-order valence-corrected chi connectivity index (χ4v) is 3.68. The Bertz CT molecular complexity index is 707. The zero-order valence-corrected chi connectivity index (χ0v) is 13.6. The number of anilines is 1. The maximum atomic E-state index is 12.3. The van der Waals surface area contributed by atoms with Crippen LogP contribution in [0.1, 0.15) is 10.9 Å². The number of hydrogen-bond acceptors (Lipinski definition) is 4. The molecule has 1 heterocycles. The van der Waals surface area contributed by atoms with Gasteiger partial charge in [0, 0.05) is 5.69 Å². The van der Waals surface area contributed by atoms with Crippen molar-refractivity contribution in [2.24, 2.45) is 0 Å². The Hall–Kier alpha value is -2.28. The van der Waals surface area contributed by atoms with E-state index < -0.39 is 6.61 Å². The minimum absolute atomic E-state index is 0.00285. The van der Waals surface area contributed by atoms with Gasteiger partial charge in [-0.2, -0.15) is 8.78 Å². The van der Waals surface area contributed by atoms with Gasteiger partial charge in [-0.1, -0.05) is 12.1 Å². The summed E-state index contributed by atoms with van der Waals surface area (Å²) in [5.74, 6) is 1.18. The second-order valence-corrected chi connectivity index (χ2v) is 6.14. The van der Waals surface area contributed by atoms with E-state index in [4.69, 9.17) is 4.74 Å². The number of halogens is 2. The topological polar surface area (TPSA) is 38.8 Å². The van der Waals surface area contributed by atoms with Crippen molar-refractivity contribution in [2.45, 2.75) is 12.0 Å². The number of nitrogens with zero attached hydrogens (tertiary/aromatic N) is 1. The largest absolute Gasteiger partial charge is 0.497 e. The zero-order valence-electron chi connectivity index (χ0n) is 12.8. The molecule has 1 aliphatic rings. The summed E-state index contributed by atoms with van der Waals surface area (Å²) < 4.78 is 33.9. The third-order valence-electron chi connectivity index (χ3n) is 3.61. The van der Waals surface area contributed by atoms with Crippen molar-refractivity contribution < 1.29 is 23.0 Å². The minimum Gasteiger partial charge on any atom is -0.497 e. The number of thioether (sulfide) groups is 1. The standard InChI is InChI=1S/C17H15F2NO3S/c1-22-13-8-4-12(5-9-13)20-15(21)10-24-16(20)11-2-6-14(7-3-11)23-17(18)19/h2-9,16-17H,10H2,1H3. The first-order valence-corrected chi connectivity index (χ1v) is 8.26. The molecule has 1 amide bonds. The molecule has 0 bridgehead atoms. The monoisotopic (exact) mass is 351 g/mol. The van der Waals surface area contributed by atoms with Gasteiger partial charge in [-0.3, -0.25) is 9.69 Å². The summed E-state index contributed by atoms with van der Waals surface area (Å²) >= 11 is 1.49. The van der Waals surface area contributed by atoms with E-state index in [0.717, 1.165) is 11.3 Å². The number of carbonyl (C=O) groups excluding carboxylic acids is 1. The lowest BCUT2D eigenvalue weighted by Gasteiger charge is -2.24. The van der Waals surface area contributed by atoms with Crippen molar-refractivity contribution >= 4 is 23.4 Å². The summed E-state index contributed by atoms with van der Waals surface area (Å²) in [7, 11) is 1.58. The van der Waals surface area contributed by atoms with Crippen LogP contribution in [0.5, 0.6) is 11.5 Å². The van der Waals surface area contributed by atoms with Crippen LogP contribution in [-0.2, 0) is 4.79 Å². The van der Waals surface area contributed by atoms with Crippen molar-refractivity contribution in [1.82, 2.24) is 0 Å². The number of hydrogen-bond donors (Lipinski definition) is 0. The molecular weight excluding hydrogens is 336 g/mol. The predicted molar refractivity (Wildman–Crippen MR) is 88.8 cm³/mol. The molecule has 0 spiro atoms. The van der Waals surface area contributed by atoms with E-state index in [1.54, 1.807) is 36.3 Å². The molecule has 1 saturated heterocycles. The Morgan fingerprint density at radius 1 is 1.08 bits per heavy atom. The van der Waals surface area contributed by atoms with Gasteiger partial charge in [-0.25, -0.2) is 0 Å². The number of carbonyl (C=O) groups is 1.